The van der Waals surface area contributed by atoms with Gasteiger partial charge >= 0.3 is 6.18 Å². The molecule has 1 aromatic heterocycles. The fourth-order valence-electron chi connectivity index (χ4n) is 5.41. The normalized spacial score (nSPS) is 31.5. The number of anilines is 1. The van der Waals surface area contributed by atoms with Crippen molar-refractivity contribution in [3.05, 3.63) is 23.9 Å². The molecule has 166 valence electrons. The van der Waals surface area contributed by atoms with Crippen molar-refractivity contribution in [2.75, 3.05) is 36.9 Å². The predicted molar refractivity (Wildman–Crippen MR) is 110 cm³/mol. The van der Waals surface area contributed by atoms with E-state index in [4.69, 9.17) is 0 Å². The van der Waals surface area contributed by atoms with E-state index in [1.165, 1.54) is 6.07 Å². The second kappa shape index (κ2) is 7.67. The van der Waals surface area contributed by atoms with E-state index in [0.717, 1.165) is 30.9 Å². The fraction of sp³-hybridized carbons (Fsp3) is 0.714. The number of fused-ring (bicyclic) bond motifs is 2. The van der Waals surface area contributed by atoms with E-state index in [1.54, 1.807) is 11.9 Å². The summed E-state index contributed by atoms with van der Waals surface area (Å²) >= 11 is 1.64. The van der Waals surface area contributed by atoms with Crippen LogP contribution in [-0.2, 0) is 11.0 Å². The van der Waals surface area contributed by atoms with Gasteiger partial charge in [0, 0.05) is 43.4 Å². The molecule has 30 heavy (non-hydrogen) atoms. The van der Waals surface area contributed by atoms with Gasteiger partial charge in [-0.05, 0) is 36.3 Å². The van der Waals surface area contributed by atoms with Gasteiger partial charge in [-0.25, -0.2) is 9.29 Å². The van der Waals surface area contributed by atoms with E-state index >= 15 is 0 Å². The van der Waals surface area contributed by atoms with Crippen molar-refractivity contribution in [2.24, 2.45) is 16.7 Å². The van der Waals surface area contributed by atoms with Crippen molar-refractivity contribution in [3.8, 4) is 0 Å². The Hall–Kier alpha value is -1.32. The Balaban J connectivity index is 1.40. The zero-order chi connectivity index (χ0) is 21.7. The first kappa shape index (κ1) is 21.9. The van der Waals surface area contributed by atoms with Crippen LogP contribution in [0.4, 0.5) is 19.0 Å². The first-order valence-corrected chi connectivity index (χ1v) is 11.3. The third-order valence-electron chi connectivity index (χ3n) is 7.65. The first-order valence-electron chi connectivity index (χ1n) is 10.4. The number of Topliss-reactive ketones (excluding diaryl/α,β-unsaturated/α-hetero) is 1. The number of halogens is 3. The topological polar surface area (TPSA) is 56.7 Å². The summed E-state index contributed by atoms with van der Waals surface area (Å²) in [5, 5.41) is 9.94. The van der Waals surface area contributed by atoms with Crippen LogP contribution in [0.3, 0.4) is 0 Å². The van der Waals surface area contributed by atoms with Crippen molar-refractivity contribution < 1.29 is 23.1 Å². The van der Waals surface area contributed by atoms with E-state index in [-0.39, 0.29) is 23.5 Å². The van der Waals surface area contributed by atoms with Gasteiger partial charge in [0.05, 0.1) is 18.2 Å². The van der Waals surface area contributed by atoms with Gasteiger partial charge in [0.1, 0.15) is 11.6 Å². The minimum absolute atomic E-state index is 0.0117. The Morgan fingerprint density at radius 3 is 2.60 bits per heavy atom. The molecule has 2 aliphatic carbocycles. The van der Waals surface area contributed by atoms with E-state index in [2.05, 4.69) is 23.1 Å². The summed E-state index contributed by atoms with van der Waals surface area (Å²) in [5.41, 5.74) is -1.04. The molecule has 3 aliphatic rings. The summed E-state index contributed by atoms with van der Waals surface area (Å²) < 4.78 is 40.4. The number of aliphatic hydroxyl groups is 1. The van der Waals surface area contributed by atoms with Crippen molar-refractivity contribution >= 4 is 23.5 Å². The molecule has 2 saturated carbocycles. The molecule has 0 spiro atoms. The highest BCUT2D eigenvalue weighted by molar-refractivity contribution is 7.97. The molecule has 1 aliphatic heterocycles. The summed E-state index contributed by atoms with van der Waals surface area (Å²) in [6.07, 6.45) is -0.817. The van der Waals surface area contributed by atoms with Crippen LogP contribution in [0.5, 0.6) is 0 Å². The minimum Gasteiger partial charge on any atom is -0.395 e. The first-order chi connectivity index (χ1) is 14.1. The maximum Gasteiger partial charge on any atom is 0.417 e. The highest BCUT2D eigenvalue weighted by atomic mass is 32.2. The van der Waals surface area contributed by atoms with Crippen molar-refractivity contribution in [3.63, 3.8) is 0 Å². The lowest BCUT2D eigenvalue weighted by Gasteiger charge is -2.43. The van der Waals surface area contributed by atoms with Crippen LogP contribution < -0.4 is 4.90 Å². The van der Waals surface area contributed by atoms with Crippen LogP contribution in [0.25, 0.3) is 0 Å². The molecule has 3 fully saturated rings. The number of aromatic nitrogens is 1. The van der Waals surface area contributed by atoms with Gasteiger partial charge in [-0.2, -0.15) is 13.2 Å². The number of piperazine rings is 1. The molecule has 0 radical (unpaired) electrons. The maximum atomic E-state index is 12.8. The molecule has 4 rings (SSSR count). The van der Waals surface area contributed by atoms with Crippen LogP contribution in [-0.4, -0.2) is 58.2 Å². The van der Waals surface area contributed by atoms with Crippen molar-refractivity contribution in [2.45, 2.75) is 45.3 Å². The Kier molecular flexibility index (Phi) is 5.60. The number of rotatable bonds is 5. The van der Waals surface area contributed by atoms with E-state index in [0.29, 0.717) is 43.6 Å². The van der Waals surface area contributed by atoms with Gasteiger partial charge in [0.25, 0.3) is 0 Å². The third-order valence-corrected chi connectivity index (χ3v) is 9.09. The lowest BCUT2D eigenvalue weighted by Crippen LogP contribution is -2.53. The molecule has 5 nitrogen and oxygen atoms in total. The molecule has 2 bridgehead atoms. The summed E-state index contributed by atoms with van der Waals surface area (Å²) in [5.74, 6) is 2.06. The van der Waals surface area contributed by atoms with Crippen molar-refractivity contribution in [1.82, 2.24) is 9.29 Å². The number of hydrogen-bond acceptors (Lipinski definition) is 6. The monoisotopic (exact) mass is 443 g/mol. The van der Waals surface area contributed by atoms with Gasteiger partial charge in [-0.3, -0.25) is 4.79 Å². The predicted octanol–water partition coefficient (Wildman–Crippen LogP) is 3.63. The third kappa shape index (κ3) is 3.52. The largest absolute Gasteiger partial charge is 0.417 e. The van der Waals surface area contributed by atoms with Gasteiger partial charge in [0.2, 0.25) is 0 Å². The van der Waals surface area contributed by atoms with Gasteiger partial charge in [0.15, 0.2) is 0 Å². The molecular formula is C21H28F3N3O2S. The molecule has 1 unspecified atom stereocenters. The molecule has 9 heteroatoms. The average Bonchev–Trinajstić information content (AvgIpc) is 3.06. The van der Waals surface area contributed by atoms with Crippen LogP contribution in [0.2, 0.25) is 0 Å². The number of carbonyl (C=O) groups is 1. The molecule has 3 atom stereocenters. The second-order valence-corrected chi connectivity index (χ2v) is 10.3. The number of alkyl halides is 3. The Morgan fingerprint density at radius 1 is 1.30 bits per heavy atom. The quantitative estimate of drug-likeness (QED) is 0.702. The smallest absolute Gasteiger partial charge is 0.395 e. The minimum atomic E-state index is -4.40. The standard InChI is InChI=1S/C21H28F3N3O2S/c1-19(2)14-5-6-20(19,17(29)9-14)13-30-27-8-7-26(11-16(27)12-28)18-4-3-15(10-25-18)21(22,23)24/h3-4,10,14,16,28H,5-9,11-13H2,1-2H3/t14-,16?,20-/m1/s1. The molecule has 1 N–H and O–H groups in total. The number of ketones is 1. The average molecular weight is 444 g/mol. The molecular weight excluding hydrogens is 415 g/mol. The van der Waals surface area contributed by atoms with Crippen LogP contribution >= 0.6 is 11.9 Å². The van der Waals surface area contributed by atoms with Gasteiger partial charge in [-0.15, -0.1) is 0 Å². The Labute approximate surface area is 179 Å². The second-order valence-electron chi connectivity index (χ2n) is 9.27. The Morgan fingerprint density at radius 2 is 2.07 bits per heavy atom. The summed E-state index contributed by atoms with van der Waals surface area (Å²) in [4.78, 5) is 18.6. The van der Waals surface area contributed by atoms with E-state index in [9.17, 15) is 23.1 Å². The van der Waals surface area contributed by atoms with Crippen LogP contribution in [0.15, 0.2) is 18.3 Å². The number of aliphatic hydroxyl groups excluding tert-OH is 1. The lowest BCUT2D eigenvalue weighted by molar-refractivity contribution is -0.137. The number of carbonyl (C=O) groups excluding carboxylic acids is 1. The molecule has 0 amide bonds. The van der Waals surface area contributed by atoms with Crippen molar-refractivity contribution in [1.29, 1.82) is 0 Å². The zero-order valence-electron chi connectivity index (χ0n) is 17.3. The molecule has 1 aromatic rings. The Bertz CT molecular complexity index is 802. The van der Waals surface area contributed by atoms with Crippen LogP contribution in [0, 0.1) is 16.7 Å². The molecule has 1 saturated heterocycles. The summed E-state index contributed by atoms with van der Waals surface area (Å²) in [6.45, 7) is 6.11. The number of pyridine rings is 1. The number of hydrogen-bond donors (Lipinski definition) is 1. The summed E-state index contributed by atoms with van der Waals surface area (Å²) in [6, 6.07) is 2.26. The fourth-order valence-corrected chi connectivity index (χ4v) is 7.03. The highest BCUT2D eigenvalue weighted by Crippen LogP contribution is 2.64. The zero-order valence-corrected chi connectivity index (χ0v) is 18.1. The van der Waals surface area contributed by atoms with Crippen LogP contribution in [0.1, 0.15) is 38.7 Å². The molecule has 2 heterocycles. The maximum absolute atomic E-state index is 12.8. The van der Waals surface area contributed by atoms with E-state index in [1.807, 2.05) is 4.90 Å². The summed E-state index contributed by atoms with van der Waals surface area (Å²) in [7, 11) is 0. The van der Waals surface area contributed by atoms with E-state index < -0.39 is 11.7 Å². The highest BCUT2D eigenvalue weighted by Gasteiger charge is 2.64. The van der Waals surface area contributed by atoms with Gasteiger partial charge in [-0.1, -0.05) is 25.8 Å². The lowest BCUT2D eigenvalue weighted by atomic mass is 9.70. The van der Waals surface area contributed by atoms with Gasteiger partial charge < -0.3 is 10.0 Å². The SMILES string of the molecule is CC1(C)[C@@H]2CC[C@@]1(CSN1CCN(c3ccc(C(F)(F)F)cn3)CC1CO)C(=O)C2. The number of nitrogens with zero attached hydrogens (tertiary/aromatic N) is 3. The molecule has 0 aromatic carbocycles.